The fraction of sp³-hybridized carbons (Fsp3) is 0.611. The van der Waals surface area contributed by atoms with Crippen LogP contribution in [0.25, 0.3) is 0 Å². The summed E-state index contributed by atoms with van der Waals surface area (Å²) >= 11 is 0. The van der Waals surface area contributed by atoms with E-state index in [-0.39, 0.29) is 11.6 Å². The Morgan fingerprint density at radius 2 is 2.04 bits per heavy atom. The summed E-state index contributed by atoms with van der Waals surface area (Å²) in [5.74, 6) is 0.125. The molecule has 1 aliphatic rings. The number of aliphatic imine (C=N–C) groups is 1. The van der Waals surface area contributed by atoms with Crippen LogP contribution < -0.4 is 10.6 Å². The molecule has 8 heteroatoms. The average Bonchev–Trinajstić information content (AvgIpc) is 3.40. The Kier molecular flexibility index (Phi) is 7.40. The van der Waals surface area contributed by atoms with Crippen LogP contribution in [0.3, 0.4) is 0 Å². The van der Waals surface area contributed by atoms with Gasteiger partial charge in [-0.3, -0.25) is 9.89 Å². The summed E-state index contributed by atoms with van der Waals surface area (Å²) in [4.78, 5) is 6.62. The van der Waals surface area contributed by atoms with Crippen molar-refractivity contribution in [1.29, 1.82) is 0 Å². The second kappa shape index (κ2) is 9.32. The van der Waals surface area contributed by atoms with Crippen LogP contribution in [0.15, 0.2) is 23.2 Å². The van der Waals surface area contributed by atoms with Crippen molar-refractivity contribution >= 4 is 15.8 Å². The van der Waals surface area contributed by atoms with E-state index in [1.54, 1.807) is 7.05 Å². The molecular formula is C18H29FN4O2S. The molecule has 1 saturated carbocycles. The van der Waals surface area contributed by atoms with Crippen LogP contribution in [0.4, 0.5) is 4.39 Å². The van der Waals surface area contributed by atoms with Crippen molar-refractivity contribution in [2.24, 2.45) is 4.99 Å². The summed E-state index contributed by atoms with van der Waals surface area (Å²) in [6, 6.07) is 4.90. The molecule has 1 aliphatic carbocycles. The van der Waals surface area contributed by atoms with Crippen molar-refractivity contribution in [2.75, 3.05) is 32.9 Å². The Balaban J connectivity index is 1.90. The minimum absolute atomic E-state index is 0.108. The number of benzene rings is 1. The first-order valence-corrected chi connectivity index (χ1v) is 11.0. The Labute approximate surface area is 155 Å². The highest BCUT2D eigenvalue weighted by molar-refractivity contribution is 7.89. The van der Waals surface area contributed by atoms with Gasteiger partial charge in [0.05, 0.1) is 5.75 Å². The minimum atomic E-state index is -3.19. The van der Waals surface area contributed by atoms with Gasteiger partial charge in [0.25, 0.3) is 0 Å². The molecule has 6 nitrogen and oxygen atoms in total. The van der Waals surface area contributed by atoms with Crippen molar-refractivity contribution in [1.82, 2.24) is 15.5 Å². The zero-order valence-corrected chi connectivity index (χ0v) is 16.6. The molecule has 1 fully saturated rings. The molecule has 146 valence electrons. The predicted octanol–water partition coefficient (Wildman–Crippen LogP) is 1.52. The third kappa shape index (κ3) is 6.92. The van der Waals surface area contributed by atoms with Crippen LogP contribution in [0.1, 0.15) is 30.9 Å². The average molecular weight is 385 g/mol. The monoisotopic (exact) mass is 384 g/mol. The molecular weight excluding hydrogens is 355 g/mol. The molecule has 2 rings (SSSR count). The standard InChI is InChI=1S/C18H29FN4O2S/c1-4-23(17-7-8-17)10-9-21-18(20-2)22-12-15-11-16(19)6-5-14(15)13-26(3,24)25/h5-6,11,17H,4,7-10,12-13H2,1-3H3,(H2,20,21,22). The fourth-order valence-corrected chi connectivity index (χ4v) is 3.78. The van der Waals surface area contributed by atoms with Crippen LogP contribution in [-0.4, -0.2) is 58.3 Å². The Morgan fingerprint density at radius 3 is 2.62 bits per heavy atom. The van der Waals surface area contributed by atoms with Crippen molar-refractivity contribution in [2.45, 2.75) is 38.1 Å². The smallest absolute Gasteiger partial charge is 0.191 e. The van der Waals surface area contributed by atoms with Crippen molar-refractivity contribution in [3.63, 3.8) is 0 Å². The van der Waals surface area contributed by atoms with E-state index in [0.29, 0.717) is 23.6 Å². The number of hydrogen-bond acceptors (Lipinski definition) is 4. The molecule has 0 bridgehead atoms. The van der Waals surface area contributed by atoms with Gasteiger partial charge in [-0.1, -0.05) is 13.0 Å². The molecule has 0 atom stereocenters. The second-order valence-electron chi connectivity index (χ2n) is 6.70. The lowest BCUT2D eigenvalue weighted by Gasteiger charge is -2.21. The fourth-order valence-electron chi connectivity index (χ4n) is 2.94. The van der Waals surface area contributed by atoms with Gasteiger partial charge in [-0.2, -0.15) is 0 Å². The highest BCUT2D eigenvalue weighted by atomic mass is 32.2. The van der Waals surface area contributed by atoms with Gasteiger partial charge in [-0.15, -0.1) is 0 Å². The molecule has 0 radical (unpaired) electrons. The number of halogens is 1. The zero-order chi connectivity index (χ0) is 19.2. The van der Waals surface area contributed by atoms with Crippen LogP contribution in [-0.2, 0) is 22.1 Å². The highest BCUT2D eigenvalue weighted by Gasteiger charge is 2.27. The van der Waals surface area contributed by atoms with E-state index in [1.165, 1.54) is 37.3 Å². The lowest BCUT2D eigenvalue weighted by Crippen LogP contribution is -2.41. The largest absolute Gasteiger partial charge is 0.355 e. The lowest BCUT2D eigenvalue weighted by molar-refractivity contribution is 0.282. The topological polar surface area (TPSA) is 73.8 Å². The highest BCUT2D eigenvalue weighted by Crippen LogP contribution is 2.25. The maximum Gasteiger partial charge on any atom is 0.191 e. The third-order valence-corrected chi connectivity index (χ3v) is 5.25. The summed E-state index contributed by atoms with van der Waals surface area (Å²) in [6.07, 6.45) is 3.74. The first-order valence-electron chi connectivity index (χ1n) is 8.96. The van der Waals surface area contributed by atoms with Gasteiger partial charge in [0.15, 0.2) is 15.8 Å². The molecule has 26 heavy (non-hydrogen) atoms. The van der Waals surface area contributed by atoms with E-state index >= 15 is 0 Å². The van der Waals surface area contributed by atoms with Crippen LogP contribution in [0.2, 0.25) is 0 Å². The van der Waals surface area contributed by atoms with E-state index in [2.05, 4.69) is 27.4 Å². The number of guanidine groups is 1. The summed E-state index contributed by atoms with van der Waals surface area (Å²) in [6.45, 7) is 5.22. The first kappa shape index (κ1) is 20.6. The normalized spacial score (nSPS) is 15.3. The number of nitrogens with zero attached hydrogens (tertiary/aromatic N) is 2. The van der Waals surface area contributed by atoms with Crippen LogP contribution >= 0.6 is 0 Å². The van der Waals surface area contributed by atoms with Gasteiger partial charge in [0, 0.05) is 39.0 Å². The van der Waals surface area contributed by atoms with Crippen molar-refractivity contribution in [3.05, 3.63) is 35.1 Å². The van der Waals surface area contributed by atoms with Gasteiger partial charge >= 0.3 is 0 Å². The molecule has 0 saturated heterocycles. The number of likely N-dealkylation sites (N-methyl/N-ethyl adjacent to an activating group) is 1. The molecule has 0 aromatic heterocycles. The van der Waals surface area contributed by atoms with E-state index in [4.69, 9.17) is 0 Å². The molecule has 0 amide bonds. The van der Waals surface area contributed by atoms with Crippen LogP contribution in [0, 0.1) is 5.82 Å². The summed E-state index contributed by atoms with van der Waals surface area (Å²) < 4.78 is 36.7. The van der Waals surface area contributed by atoms with Gasteiger partial charge in [-0.25, -0.2) is 12.8 Å². The number of hydrogen-bond donors (Lipinski definition) is 2. The molecule has 0 spiro atoms. The Morgan fingerprint density at radius 1 is 1.31 bits per heavy atom. The Bertz CT molecular complexity index is 733. The second-order valence-corrected chi connectivity index (χ2v) is 8.84. The van der Waals surface area contributed by atoms with E-state index in [9.17, 15) is 12.8 Å². The SMILES string of the molecule is CCN(CCNC(=NC)NCc1cc(F)ccc1CS(C)(=O)=O)C1CC1. The number of nitrogens with one attached hydrogen (secondary N) is 2. The molecule has 0 heterocycles. The Hall–Kier alpha value is -1.67. The molecule has 1 aromatic rings. The molecule has 1 aromatic carbocycles. The molecule has 0 unspecified atom stereocenters. The summed E-state index contributed by atoms with van der Waals surface area (Å²) in [7, 11) is -1.51. The predicted molar refractivity (Wildman–Crippen MR) is 103 cm³/mol. The number of rotatable bonds is 9. The minimum Gasteiger partial charge on any atom is -0.355 e. The summed E-state index contributed by atoms with van der Waals surface area (Å²) in [5, 5.41) is 6.39. The van der Waals surface area contributed by atoms with Crippen molar-refractivity contribution in [3.8, 4) is 0 Å². The van der Waals surface area contributed by atoms with Crippen molar-refractivity contribution < 1.29 is 12.8 Å². The van der Waals surface area contributed by atoms with E-state index in [0.717, 1.165) is 25.7 Å². The van der Waals surface area contributed by atoms with Gasteiger partial charge in [-0.05, 0) is 42.6 Å². The maximum absolute atomic E-state index is 13.6. The van der Waals surface area contributed by atoms with E-state index in [1.807, 2.05) is 0 Å². The third-order valence-electron chi connectivity index (χ3n) is 4.42. The quantitative estimate of drug-likeness (QED) is 0.499. The molecule has 0 aliphatic heterocycles. The van der Waals surface area contributed by atoms with Gasteiger partial charge in [0.1, 0.15) is 5.82 Å². The lowest BCUT2D eigenvalue weighted by atomic mass is 10.1. The first-order chi connectivity index (χ1) is 12.3. The van der Waals surface area contributed by atoms with Gasteiger partial charge in [0.2, 0.25) is 0 Å². The van der Waals surface area contributed by atoms with E-state index < -0.39 is 9.84 Å². The summed E-state index contributed by atoms with van der Waals surface area (Å²) in [5.41, 5.74) is 1.22. The van der Waals surface area contributed by atoms with Crippen LogP contribution in [0.5, 0.6) is 0 Å². The zero-order valence-electron chi connectivity index (χ0n) is 15.8. The van der Waals surface area contributed by atoms with Gasteiger partial charge < -0.3 is 10.6 Å². The number of sulfone groups is 1. The maximum atomic E-state index is 13.6. The molecule has 2 N–H and O–H groups in total.